The van der Waals surface area contributed by atoms with Crippen LogP contribution in [0.15, 0.2) is 54.1 Å². The van der Waals surface area contributed by atoms with Gasteiger partial charge in [0.2, 0.25) is 0 Å². The van der Waals surface area contributed by atoms with Crippen LogP contribution in [0, 0.1) is 17.8 Å². The Morgan fingerprint density at radius 3 is 2.82 bits per heavy atom. The molecule has 3 aliphatic heterocycles. The lowest BCUT2D eigenvalue weighted by Crippen LogP contribution is -2.56. The smallest absolute Gasteiger partial charge is 0.263 e. The molecule has 1 N–H and O–H groups in total. The summed E-state index contributed by atoms with van der Waals surface area (Å²) in [5.41, 5.74) is 6.66. The van der Waals surface area contributed by atoms with Crippen LogP contribution in [0.2, 0.25) is 5.02 Å². The van der Waals surface area contributed by atoms with Crippen molar-refractivity contribution in [3.8, 4) is 5.75 Å². The van der Waals surface area contributed by atoms with Gasteiger partial charge in [-0.1, -0.05) is 50.1 Å². The number of benzene rings is 2. The lowest BCUT2D eigenvalue weighted by molar-refractivity contribution is -0.0930. The zero-order valence-corrected chi connectivity index (χ0v) is 32.6. The summed E-state index contributed by atoms with van der Waals surface area (Å²) in [6.45, 7) is 11.0. The van der Waals surface area contributed by atoms with Crippen LogP contribution < -0.4 is 14.4 Å². The highest BCUT2D eigenvalue weighted by Gasteiger charge is 2.48. The van der Waals surface area contributed by atoms with E-state index in [4.69, 9.17) is 21.1 Å². The largest absolute Gasteiger partial charge is 0.491 e. The third kappa shape index (κ3) is 7.67. The summed E-state index contributed by atoms with van der Waals surface area (Å²) < 4.78 is 29.6. The monoisotopic (exact) mass is 750 g/mol. The van der Waals surface area contributed by atoms with E-state index in [0.29, 0.717) is 24.0 Å². The maximum atomic E-state index is 13.6. The molecular weight excluding hydrogens is 700 g/mol. The predicted molar refractivity (Wildman–Crippen MR) is 207 cm³/mol. The molecule has 4 heterocycles. The first kappa shape index (κ1) is 36.6. The van der Waals surface area contributed by atoms with Gasteiger partial charge in [0, 0.05) is 67.6 Å². The molecule has 4 aliphatic rings. The van der Waals surface area contributed by atoms with Crippen molar-refractivity contribution in [2.45, 2.75) is 82.6 Å². The molecule has 1 fully saturated rings. The van der Waals surface area contributed by atoms with Crippen LogP contribution in [0.25, 0.3) is 0 Å². The van der Waals surface area contributed by atoms with E-state index in [1.165, 1.54) is 21.7 Å². The number of carbonyl (C=O) groups is 1. The van der Waals surface area contributed by atoms with Gasteiger partial charge in [-0.15, -0.1) is 11.3 Å². The molecule has 0 spiro atoms. The predicted octanol–water partition coefficient (Wildman–Crippen LogP) is 7.58. The van der Waals surface area contributed by atoms with Gasteiger partial charge >= 0.3 is 0 Å². The van der Waals surface area contributed by atoms with Crippen LogP contribution >= 0.6 is 22.9 Å². The minimum atomic E-state index is -1.55. The Balaban J connectivity index is 1.27. The van der Waals surface area contributed by atoms with E-state index in [9.17, 15) is 9.00 Å². The number of hydrogen-bond acceptors (Lipinski definition) is 8. The SMILES string of the molecule is CCCc1cc(Cl)ccc1C1COc2ccc3cc2N(C1)CC1CCC1C(CN1CCc2ncsc2C1)(OC)/C=C/CC(C)C(C)S(=O)NC3=O. The number of halogens is 1. The van der Waals surface area contributed by atoms with E-state index in [1.54, 1.807) is 17.4 Å². The lowest BCUT2D eigenvalue weighted by atomic mass is 9.63. The molecule has 274 valence electrons. The van der Waals surface area contributed by atoms with Crippen LogP contribution in [0.1, 0.15) is 84.4 Å². The number of ether oxygens (including phenoxy) is 2. The van der Waals surface area contributed by atoms with Crippen molar-refractivity contribution in [1.82, 2.24) is 14.6 Å². The molecule has 3 aromatic rings. The Labute approximate surface area is 314 Å². The number of allylic oxidation sites excluding steroid dienone is 1. The fraction of sp³-hybridized carbons (Fsp3) is 0.550. The van der Waals surface area contributed by atoms with Gasteiger partial charge in [0.05, 0.1) is 28.7 Å². The fourth-order valence-corrected chi connectivity index (χ4v) is 10.6. The second-order valence-corrected chi connectivity index (χ2v) is 17.9. The number of hydrogen-bond donors (Lipinski definition) is 1. The average Bonchev–Trinajstić information content (AvgIpc) is 3.50. The summed E-state index contributed by atoms with van der Waals surface area (Å²) in [6, 6.07) is 11.9. The van der Waals surface area contributed by atoms with E-state index in [0.717, 1.165) is 87.7 Å². The van der Waals surface area contributed by atoms with Gasteiger partial charge in [0.15, 0.2) is 0 Å². The molecule has 11 heteroatoms. The van der Waals surface area contributed by atoms with Gasteiger partial charge in [0.25, 0.3) is 5.91 Å². The minimum absolute atomic E-state index is 0.0927. The Morgan fingerprint density at radius 2 is 2.04 bits per heavy atom. The van der Waals surface area contributed by atoms with Crippen molar-refractivity contribution in [3.05, 3.63) is 86.3 Å². The number of carbonyl (C=O) groups excluding carboxylic acids is 1. The number of thiazole rings is 1. The molecule has 0 radical (unpaired) electrons. The van der Waals surface area contributed by atoms with E-state index < -0.39 is 16.6 Å². The van der Waals surface area contributed by atoms with Crippen LogP contribution in [-0.2, 0) is 35.1 Å². The molecular formula is C40H51ClN4O4S2. The molecule has 1 aliphatic carbocycles. The summed E-state index contributed by atoms with van der Waals surface area (Å²) in [5.74, 6) is 1.33. The number of aromatic nitrogens is 1. The van der Waals surface area contributed by atoms with E-state index in [-0.39, 0.29) is 23.0 Å². The molecule has 7 unspecified atom stereocenters. The number of nitrogens with one attached hydrogen (secondary N) is 1. The molecule has 0 saturated heterocycles. The van der Waals surface area contributed by atoms with Crippen molar-refractivity contribution < 1.29 is 18.5 Å². The number of anilines is 1. The fourth-order valence-electron chi connectivity index (χ4n) is 8.53. The van der Waals surface area contributed by atoms with Crippen molar-refractivity contribution in [1.29, 1.82) is 0 Å². The highest BCUT2D eigenvalue weighted by atomic mass is 35.5. The Hall–Kier alpha value is -2.76. The molecule has 1 saturated carbocycles. The van der Waals surface area contributed by atoms with E-state index in [1.807, 2.05) is 37.7 Å². The second kappa shape index (κ2) is 15.7. The summed E-state index contributed by atoms with van der Waals surface area (Å²) in [7, 11) is 0.330. The summed E-state index contributed by atoms with van der Waals surface area (Å²) >= 11 is 8.25. The number of methoxy groups -OCH3 is 1. The maximum absolute atomic E-state index is 13.6. The Kier molecular flexibility index (Phi) is 11.3. The number of rotatable bonds is 6. The molecule has 51 heavy (non-hydrogen) atoms. The maximum Gasteiger partial charge on any atom is 0.263 e. The van der Waals surface area contributed by atoms with Crippen LogP contribution in [0.3, 0.4) is 0 Å². The van der Waals surface area contributed by atoms with Crippen molar-refractivity contribution in [3.63, 3.8) is 0 Å². The summed E-state index contributed by atoms with van der Waals surface area (Å²) in [5, 5.41) is 0.521. The standard InChI is InChI=1S/C40H51ClN4O4S2/c1-5-7-28-18-32(41)11-12-33(28)31-21-45-20-30-9-13-34(30)40(48-4,24-44-17-15-35-38(22-44)50-25-42-35)16-6-8-26(2)27(3)51(47)43-39(46)29-10-14-37(49-23-31)36(45)19-29/h6,10-12,14,16,18-19,25-27,30-31,34H,5,7-9,13,15,17,20-24H2,1-4H3,(H,43,46)/b16-6+. The summed E-state index contributed by atoms with van der Waals surface area (Å²) in [6.07, 6.45) is 10.4. The molecule has 7 rings (SSSR count). The van der Waals surface area contributed by atoms with Gasteiger partial charge in [0.1, 0.15) is 22.3 Å². The Bertz CT molecular complexity index is 1780. The van der Waals surface area contributed by atoms with Gasteiger partial charge < -0.3 is 14.4 Å². The molecule has 1 aromatic heterocycles. The number of amides is 1. The molecule has 2 aromatic carbocycles. The third-order valence-electron chi connectivity index (χ3n) is 11.9. The van der Waals surface area contributed by atoms with Crippen LogP contribution in [0.5, 0.6) is 5.75 Å². The average molecular weight is 751 g/mol. The first-order chi connectivity index (χ1) is 24.7. The zero-order valence-electron chi connectivity index (χ0n) is 30.2. The van der Waals surface area contributed by atoms with E-state index >= 15 is 0 Å². The van der Waals surface area contributed by atoms with Crippen molar-refractivity contribution in [2.75, 3.05) is 44.8 Å². The number of nitrogens with zero attached hydrogens (tertiary/aromatic N) is 3. The molecule has 7 atom stereocenters. The first-order valence-electron chi connectivity index (χ1n) is 18.6. The molecule has 2 bridgehead atoms. The topological polar surface area (TPSA) is 84.0 Å². The van der Waals surface area contributed by atoms with Crippen LogP contribution in [-0.4, -0.2) is 70.7 Å². The van der Waals surface area contributed by atoms with Gasteiger partial charge in [-0.3, -0.25) is 14.4 Å². The highest BCUT2D eigenvalue weighted by Crippen LogP contribution is 2.47. The highest BCUT2D eigenvalue weighted by molar-refractivity contribution is 7.84. The Morgan fingerprint density at radius 1 is 1.18 bits per heavy atom. The van der Waals surface area contributed by atoms with Crippen molar-refractivity contribution in [2.24, 2.45) is 17.8 Å². The summed E-state index contributed by atoms with van der Waals surface area (Å²) in [4.78, 5) is 24.5. The normalized spacial score (nSPS) is 30.6. The van der Waals surface area contributed by atoms with E-state index in [2.05, 4.69) is 57.6 Å². The van der Waals surface area contributed by atoms with Gasteiger partial charge in [-0.05, 0) is 91.8 Å². The number of fused-ring (bicyclic) bond motifs is 3. The second-order valence-electron chi connectivity index (χ2n) is 15.0. The van der Waals surface area contributed by atoms with Gasteiger partial charge in [-0.25, -0.2) is 9.19 Å². The molecule has 1 amide bonds. The zero-order chi connectivity index (χ0) is 35.7. The molecule has 8 nitrogen and oxygen atoms in total. The number of aryl methyl sites for hydroxylation is 1. The van der Waals surface area contributed by atoms with Crippen LogP contribution in [0.4, 0.5) is 5.69 Å². The van der Waals surface area contributed by atoms with Crippen molar-refractivity contribution >= 4 is 45.5 Å². The first-order valence-corrected chi connectivity index (χ1v) is 21.0. The lowest BCUT2D eigenvalue weighted by Gasteiger charge is -2.51. The minimum Gasteiger partial charge on any atom is -0.491 e. The van der Waals surface area contributed by atoms with Gasteiger partial charge in [-0.2, -0.15) is 0 Å². The third-order valence-corrected chi connectivity index (χ3v) is 14.5. The quantitative estimate of drug-likeness (QED) is 0.260.